The maximum Gasteiger partial charge on any atom is 0.0946 e. The molecule has 1 aromatic heterocycles. The summed E-state index contributed by atoms with van der Waals surface area (Å²) in [4.78, 5) is 4.14. The van der Waals surface area contributed by atoms with Crippen LogP contribution in [0, 0.1) is 5.41 Å². The first-order chi connectivity index (χ1) is 8.55. The number of nitrogens with one attached hydrogen (secondary N) is 1. The van der Waals surface area contributed by atoms with Gasteiger partial charge in [0, 0.05) is 36.8 Å². The van der Waals surface area contributed by atoms with Crippen molar-refractivity contribution < 1.29 is 0 Å². The van der Waals surface area contributed by atoms with E-state index >= 15 is 0 Å². The van der Waals surface area contributed by atoms with Crippen LogP contribution in [0.5, 0.6) is 0 Å². The molecule has 1 saturated heterocycles. The van der Waals surface area contributed by atoms with Gasteiger partial charge in [-0.05, 0) is 24.0 Å². The molecule has 2 unspecified atom stereocenters. The molecule has 1 N–H and O–H groups in total. The van der Waals surface area contributed by atoms with Crippen molar-refractivity contribution in [3.05, 3.63) is 18.7 Å². The SMILES string of the molecule is CC(C)(C)C(Cn1ccnc1)NC1CCCSC1. The lowest BCUT2D eigenvalue weighted by atomic mass is 9.86. The van der Waals surface area contributed by atoms with E-state index in [-0.39, 0.29) is 5.41 Å². The van der Waals surface area contributed by atoms with Gasteiger partial charge in [0.2, 0.25) is 0 Å². The van der Waals surface area contributed by atoms with Crippen LogP contribution in [0.4, 0.5) is 0 Å². The highest BCUT2D eigenvalue weighted by molar-refractivity contribution is 7.99. The Morgan fingerprint density at radius 2 is 2.33 bits per heavy atom. The van der Waals surface area contributed by atoms with Crippen LogP contribution in [0.2, 0.25) is 0 Å². The van der Waals surface area contributed by atoms with Gasteiger partial charge in [0.25, 0.3) is 0 Å². The van der Waals surface area contributed by atoms with Crippen LogP contribution in [0.3, 0.4) is 0 Å². The minimum Gasteiger partial charge on any atom is -0.336 e. The summed E-state index contributed by atoms with van der Waals surface area (Å²) in [6, 6.07) is 1.17. The Balaban J connectivity index is 1.96. The van der Waals surface area contributed by atoms with Gasteiger partial charge >= 0.3 is 0 Å². The molecule has 0 saturated carbocycles. The van der Waals surface area contributed by atoms with Crippen molar-refractivity contribution in [2.75, 3.05) is 11.5 Å². The predicted molar refractivity (Wildman–Crippen MR) is 79.0 cm³/mol. The van der Waals surface area contributed by atoms with Gasteiger partial charge in [-0.2, -0.15) is 11.8 Å². The molecule has 3 nitrogen and oxygen atoms in total. The fraction of sp³-hybridized carbons (Fsp3) is 0.786. The van der Waals surface area contributed by atoms with Crippen molar-refractivity contribution >= 4 is 11.8 Å². The van der Waals surface area contributed by atoms with Gasteiger partial charge < -0.3 is 9.88 Å². The van der Waals surface area contributed by atoms with Crippen molar-refractivity contribution in [1.82, 2.24) is 14.9 Å². The van der Waals surface area contributed by atoms with Crippen LogP contribution >= 0.6 is 11.8 Å². The van der Waals surface area contributed by atoms with Crippen LogP contribution in [-0.4, -0.2) is 33.1 Å². The van der Waals surface area contributed by atoms with E-state index in [1.807, 2.05) is 12.5 Å². The van der Waals surface area contributed by atoms with Crippen molar-refractivity contribution in [3.8, 4) is 0 Å². The van der Waals surface area contributed by atoms with E-state index in [1.165, 1.54) is 24.3 Å². The van der Waals surface area contributed by atoms with Crippen LogP contribution in [0.15, 0.2) is 18.7 Å². The summed E-state index contributed by atoms with van der Waals surface area (Å²) < 4.78 is 2.18. The number of rotatable bonds is 4. The molecule has 1 aromatic rings. The standard InChI is InChI=1S/C14H25N3S/c1-14(2,3)13(9-17-7-6-15-11-17)16-12-5-4-8-18-10-12/h6-7,11-13,16H,4-5,8-10H2,1-3H3. The molecular formula is C14H25N3S. The van der Waals surface area contributed by atoms with Gasteiger partial charge in [0.15, 0.2) is 0 Å². The van der Waals surface area contributed by atoms with Gasteiger partial charge in [0.05, 0.1) is 6.33 Å². The normalized spacial score (nSPS) is 22.9. The molecule has 1 aliphatic rings. The number of imidazole rings is 1. The first kappa shape index (κ1) is 13.9. The Labute approximate surface area is 115 Å². The van der Waals surface area contributed by atoms with E-state index in [4.69, 9.17) is 0 Å². The summed E-state index contributed by atoms with van der Waals surface area (Å²) in [5.74, 6) is 2.59. The average molecular weight is 267 g/mol. The third-order valence-electron chi connectivity index (χ3n) is 3.60. The summed E-state index contributed by atoms with van der Waals surface area (Å²) in [7, 11) is 0. The molecule has 2 rings (SSSR count). The molecule has 102 valence electrons. The van der Waals surface area contributed by atoms with E-state index in [9.17, 15) is 0 Å². The highest BCUT2D eigenvalue weighted by atomic mass is 32.2. The fourth-order valence-corrected chi connectivity index (χ4v) is 3.42. The average Bonchev–Trinajstić information content (AvgIpc) is 2.81. The highest BCUT2D eigenvalue weighted by Crippen LogP contribution is 2.24. The molecule has 0 aliphatic carbocycles. The monoisotopic (exact) mass is 267 g/mol. The molecule has 4 heteroatoms. The Hall–Kier alpha value is -0.480. The third kappa shape index (κ3) is 4.02. The molecule has 0 aromatic carbocycles. The first-order valence-electron chi connectivity index (χ1n) is 6.85. The minimum absolute atomic E-state index is 0.270. The smallest absolute Gasteiger partial charge is 0.0946 e. The summed E-state index contributed by atoms with van der Waals surface area (Å²) in [6.45, 7) is 7.96. The summed E-state index contributed by atoms with van der Waals surface area (Å²) >= 11 is 2.08. The molecule has 2 heterocycles. The summed E-state index contributed by atoms with van der Waals surface area (Å²) in [5, 5.41) is 3.86. The zero-order valence-corrected chi connectivity index (χ0v) is 12.5. The zero-order chi connectivity index (χ0) is 13.0. The van der Waals surface area contributed by atoms with Crippen molar-refractivity contribution in [2.45, 2.75) is 52.2 Å². The topological polar surface area (TPSA) is 29.9 Å². The van der Waals surface area contributed by atoms with E-state index in [1.54, 1.807) is 0 Å². The van der Waals surface area contributed by atoms with Crippen LogP contribution in [0.25, 0.3) is 0 Å². The number of nitrogens with zero attached hydrogens (tertiary/aromatic N) is 2. The predicted octanol–water partition coefficient (Wildman–Crippen LogP) is 2.78. The number of hydrogen-bond acceptors (Lipinski definition) is 3. The molecular weight excluding hydrogens is 242 g/mol. The van der Waals surface area contributed by atoms with Gasteiger partial charge in [-0.1, -0.05) is 20.8 Å². The molecule has 1 fully saturated rings. The Morgan fingerprint density at radius 1 is 1.50 bits per heavy atom. The van der Waals surface area contributed by atoms with Crippen LogP contribution in [-0.2, 0) is 6.54 Å². The minimum atomic E-state index is 0.270. The molecule has 2 atom stereocenters. The second-order valence-electron chi connectivity index (χ2n) is 6.26. The number of aromatic nitrogens is 2. The lowest BCUT2D eigenvalue weighted by Crippen LogP contribution is -2.49. The second kappa shape index (κ2) is 6.11. The van der Waals surface area contributed by atoms with Crippen molar-refractivity contribution in [1.29, 1.82) is 0 Å². The van der Waals surface area contributed by atoms with E-state index in [2.05, 4.69) is 53.6 Å². The maximum atomic E-state index is 4.14. The quantitative estimate of drug-likeness (QED) is 0.910. The van der Waals surface area contributed by atoms with E-state index in [0.29, 0.717) is 12.1 Å². The molecule has 0 bridgehead atoms. The van der Waals surface area contributed by atoms with Crippen LogP contribution < -0.4 is 5.32 Å². The molecule has 0 spiro atoms. The summed E-state index contributed by atoms with van der Waals surface area (Å²) in [6.07, 6.45) is 8.50. The Bertz CT molecular complexity index is 336. The Kier molecular flexibility index (Phi) is 4.73. The van der Waals surface area contributed by atoms with Crippen molar-refractivity contribution in [2.24, 2.45) is 5.41 Å². The summed E-state index contributed by atoms with van der Waals surface area (Å²) in [5.41, 5.74) is 0.270. The lowest BCUT2D eigenvalue weighted by Gasteiger charge is -2.36. The van der Waals surface area contributed by atoms with Gasteiger partial charge in [-0.15, -0.1) is 0 Å². The highest BCUT2D eigenvalue weighted by Gasteiger charge is 2.27. The lowest BCUT2D eigenvalue weighted by molar-refractivity contribution is 0.222. The molecule has 0 radical (unpaired) electrons. The van der Waals surface area contributed by atoms with E-state index < -0.39 is 0 Å². The number of hydrogen-bond donors (Lipinski definition) is 1. The van der Waals surface area contributed by atoms with Crippen LogP contribution in [0.1, 0.15) is 33.6 Å². The van der Waals surface area contributed by atoms with Gasteiger partial charge in [0.1, 0.15) is 0 Å². The maximum absolute atomic E-state index is 4.14. The zero-order valence-electron chi connectivity index (χ0n) is 11.7. The molecule has 1 aliphatic heterocycles. The van der Waals surface area contributed by atoms with E-state index in [0.717, 1.165) is 6.54 Å². The second-order valence-corrected chi connectivity index (χ2v) is 7.41. The largest absolute Gasteiger partial charge is 0.336 e. The number of thioether (sulfide) groups is 1. The Morgan fingerprint density at radius 3 is 2.89 bits per heavy atom. The third-order valence-corrected chi connectivity index (χ3v) is 4.81. The first-order valence-corrected chi connectivity index (χ1v) is 8.01. The van der Waals surface area contributed by atoms with Gasteiger partial charge in [-0.3, -0.25) is 0 Å². The molecule has 0 amide bonds. The molecule has 18 heavy (non-hydrogen) atoms. The van der Waals surface area contributed by atoms with Crippen molar-refractivity contribution in [3.63, 3.8) is 0 Å². The van der Waals surface area contributed by atoms with Gasteiger partial charge in [-0.25, -0.2) is 4.98 Å². The fourth-order valence-electron chi connectivity index (χ4n) is 2.34.